The number of nitrogens with one attached hydrogen (secondary N) is 1. The van der Waals surface area contributed by atoms with Crippen LogP contribution in [0.2, 0.25) is 0 Å². The summed E-state index contributed by atoms with van der Waals surface area (Å²) in [7, 11) is 0. The molecule has 2 atom stereocenters. The molecule has 1 heterocycles. The van der Waals surface area contributed by atoms with Gasteiger partial charge in [0.1, 0.15) is 17.7 Å². The third-order valence-corrected chi connectivity index (χ3v) is 4.66. The van der Waals surface area contributed by atoms with E-state index in [0.717, 1.165) is 32.2 Å². The smallest absolute Gasteiger partial charge is 0.326 e. The summed E-state index contributed by atoms with van der Waals surface area (Å²) in [5.41, 5.74) is -0.0271. The van der Waals surface area contributed by atoms with Crippen molar-refractivity contribution < 1.29 is 14.7 Å². The van der Waals surface area contributed by atoms with Crippen LogP contribution >= 0.6 is 11.8 Å². The summed E-state index contributed by atoms with van der Waals surface area (Å²) >= 11 is 1.52. The lowest BCUT2D eigenvalue weighted by Gasteiger charge is -2.34. The first kappa shape index (κ1) is 19.4. The molecular formula is C16H25N3O3S. The number of rotatable bonds is 8. The molecule has 7 heteroatoms. The summed E-state index contributed by atoms with van der Waals surface area (Å²) in [6, 6.07) is 1.28. The normalized spacial score (nSPS) is 19.8. The largest absolute Gasteiger partial charge is 0.480 e. The third-order valence-electron chi connectivity index (χ3n) is 4.02. The van der Waals surface area contributed by atoms with Gasteiger partial charge in [0.2, 0.25) is 0 Å². The first-order valence-electron chi connectivity index (χ1n) is 7.93. The molecule has 2 N–H and O–H groups in total. The molecule has 2 unspecified atom stereocenters. The molecule has 0 saturated carbocycles. The van der Waals surface area contributed by atoms with Gasteiger partial charge in [0.05, 0.1) is 0 Å². The maximum Gasteiger partial charge on any atom is 0.326 e. The summed E-state index contributed by atoms with van der Waals surface area (Å²) in [5.74, 6) is -1.05. The number of hydrogen-bond acceptors (Lipinski definition) is 5. The summed E-state index contributed by atoms with van der Waals surface area (Å²) < 4.78 is 0. The number of aliphatic carboxylic acids is 1. The standard InChI is InChI=1S/C16H25N3O3S/c1-3-13-6-4-5-8-19(13)11-12(10-17)15(20)18-14(16(21)22)7-9-23-2/h11,13-14H,3-9H2,1-2H3,(H,18,20)(H,21,22)/b12-11-. The fourth-order valence-electron chi connectivity index (χ4n) is 2.66. The first-order chi connectivity index (χ1) is 11.0. The molecule has 0 bridgehead atoms. The molecule has 1 fully saturated rings. The number of likely N-dealkylation sites (tertiary alicyclic amines) is 1. The number of carbonyl (C=O) groups is 2. The summed E-state index contributed by atoms with van der Waals surface area (Å²) in [6.45, 7) is 2.91. The number of amides is 1. The zero-order valence-electron chi connectivity index (χ0n) is 13.7. The van der Waals surface area contributed by atoms with Crippen molar-refractivity contribution in [2.75, 3.05) is 18.6 Å². The molecule has 0 radical (unpaired) electrons. The minimum Gasteiger partial charge on any atom is -0.480 e. The van der Waals surface area contributed by atoms with Gasteiger partial charge in [-0.2, -0.15) is 17.0 Å². The molecule has 1 amide bonds. The lowest BCUT2D eigenvalue weighted by atomic mass is 10.0. The van der Waals surface area contributed by atoms with Crippen LogP contribution in [0.15, 0.2) is 11.8 Å². The fraction of sp³-hybridized carbons (Fsp3) is 0.688. The Morgan fingerprint density at radius 1 is 1.52 bits per heavy atom. The van der Waals surface area contributed by atoms with E-state index in [1.165, 1.54) is 11.8 Å². The molecule has 0 spiro atoms. The zero-order valence-corrected chi connectivity index (χ0v) is 14.6. The molecule has 0 aromatic carbocycles. The van der Waals surface area contributed by atoms with Crippen molar-refractivity contribution in [2.24, 2.45) is 0 Å². The van der Waals surface area contributed by atoms with Gasteiger partial charge < -0.3 is 15.3 Å². The van der Waals surface area contributed by atoms with Crippen LogP contribution < -0.4 is 5.32 Å². The van der Waals surface area contributed by atoms with Crippen molar-refractivity contribution in [3.8, 4) is 6.07 Å². The molecule has 1 rings (SSSR count). The van der Waals surface area contributed by atoms with Gasteiger partial charge in [-0.25, -0.2) is 4.79 Å². The van der Waals surface area contributed by atoms with Crippen molar-refractivity contribution in [1.29, 1.82) is 5.26 Å². The molecule has 1 aliphatic rings. The fourth-order valence-corrected chi connectivity index (χ4v) is 3.14. The second-order valence-corrected chi connectivity index (χ2v) is 6.58. The maximum absolute atomic E-state index is 12.2. The lowest BCUT2D eigenvalue weighted by molar-refractivity contribution is -0.141. The van der Waals surface area contributed by atoms with Crippen molar-refractivity contribution in [3.05, 3.63) is 11.8 Å². The van der Waals surface area contributed by atoms with Gasteiger partial charge in [-0.1, -0.05) is 6.92 Å². The Morgan fingerprint density at radius 2 is 2.26 bits per heavy atom. The molecule has 23 heavy (non-hydrogen) atoms. The predicted molar refractivity (Wildman–Crippen MR) is 90.9 cm³/mol. The summed E-state index contributed by atoms with van der Waals surface area (Å²) in [6.07, 6.45) is 8.02. The highest BCUT2D eigenvalue weighted by Crippen LogP contribution is 2.20. The van der Waals surface area contributed by atoms with Crippen LogP contribution in [-0.2, 0) is 9.59 Å². The molecular weight excluding hydrogens is 314 g/mol. The van der Waals surface area contributed by atoms with E-state index in [9.17, 15) is 14.9 Å². The third kappa shape index (κ3) is 6.14. The SMILES string of the molecule is CCC1CCCCN1/C=C(/C#N)C(=O)NC(CCSC)C(=O)O. The average molecular weight is 339 g/mol. The van der Waals surface area contributed by atoms with Crippen LogP contribution in [0.25, 0.3) is 0 Å². The lowest BCUT2D eigenvalue weighted by Crippen LogP contribution is -2.42. The Kier molecular flexibility index (Phi) is 8.56. The molecule has 0 aromatic rings. The Bertz CT molecular complexity index is 487. The van der Waals surface area contributed by atoms with Gasteiger partial charge in [0.25, 0.3) is 5.91 Å². The number of thioether (sulfide) groups is 1. The van der Waals surface area contributed by atoms with E-state index in [4.69, 9.17) is 5.11 Å². The predicted octanol–water partition coefficient (Wildman–Crippen LogP) is 1.98. The molecule has 6 nitrogen and oxygen atoms in total. The van der Waals surface area contributed by atoms with E-state index >= 15 is 0 Å². The molecule has 0 aromatic heterocycles. The van der Waals surface area contributed by atoms with Gasteiger partial charge in [0.15, 0.2) is 0 Å². The number of piperidine rings is 1. The number of carboxylic acid groups (broad SMARTS) is 1. The van der Waals surface area contributed by atoms with Gasteiger partial charge >= 0.3 is 5.97 Å². The van der Waals surface area contributed by atoms with E-state index in [-0.39, 0.29) is 5.57 Å². The second-order valence-electron chi connectivity index (χ2n) is 5.60. The van der Waals surface area contributed by atoms with Crippen LogP contribution in [0.4, 0.5) is 0 Å². The summed E-state index contributed by atoms with van der Waals surface area (Å²) in [4.78, 5) is 25.5. The van der Waals surface area contributed by atoms with E-state index in [2.05, 4.69) is 12.2 Å². The quantitative estimate of drug-likeness (QED) is 0.519. The van der Waals surface area contributed by atoms with Gasteiger partial charge in [-0.05, 0) is 44.1 Å². The van der Waals surface area contributed by atoms with Crippen LogP contribution in [0.5, 0.6) is 0 Å². The number of carbonyl (C=O) groups excluding carboxylic acids is 1. The monoisotopic (exact) mass is 339 g/mol. The van der Waals surface area contributed by atoms with E-state index < -0.39 is 17.9 Å². The van der Waals surface area contributed by atoms with Gasteiger partial charge in [-0.3, -0.25) is 4.79 Å². The van der Waals surface area contributed by atoms with E-state index in [1.54, 1.807) is 6.20 Å². The first-order valence-corrected chi connectivity index (χ1v) is 9.33. The molecule has 1 aliphatic heterocycles. The average Bonchev–Trinajstić information content (AvgIpc) is 2.56. The maximum atomic E-state index is 12.2. The topological polar surface area (TPSA) is 93.4 Å². The second kappa shape index (κ2) is 10.2. The van der Waals surface area contributed by atoms with Crippen LogP contribution in [0.3, 0.4) is 0 Å². The van der Waals surface area contributed by atoms with Crippen molar-refractivity contribution >= 4 is 23.6 Å². The summed E-state index contributed by atoms with van der Waals surface area (Å²) in [5, 5.41) is 20.9. The Balaban J connectivity index is 2.78. The number of nitrogens with zero attached hydrogens (tertiary/aromatic N) is 2. The van der Waals surface area contributed by atoms with Gasteiger partial charge in [-0.15, -0.1) is 0 Å². The Hall–Kier alpha value is -1.68. The number of nitriles is 1. The van der Waals surface area contributed by atoms with Crippen molar-refractivity contribution in [2.45, 2.75) is 51.1 Å². The molecule has 1 saturated heterocycles. The number of carboxylic acids is 1. The van der Waals surface area contributed by atoms with Crippen molar-refractivity contribution in [3.63, 3.8) is 0 Å². The Morgan fingerprint density at radius 3 is 2.83 bits per heavy atom. The van der Waals surface area contributed by atoms with Crippen LogP contribution in [0.1, 0.15) is 39.0 Å². The van der Waals surface area contributed by atoms with Gasteiger partial charge in [0, 0.05) is 18.8 Å². The minimum absolute atomic E-state index is 0.0271. The Labute approximate surface area is 141 Å². The highest BCUT2D eigenvalue weighted by atomic mass is 32.2. The number of hydrogen-bond donors (Lipinski definition) is 2. The van der Waals surface area contributed by atoms with E-state index in [0.29, 0.717) is 18.2 Å². The van der Waals surface area contributed by atoms with Crippen LogP contribution in [0, 0.1) is 11.3 Å². The molecule has 128 valence electrons. The van der Waals surface area contributed by atoms with Crippen molar-refractivity contribution in [1.82, 2.24) is 10.2 Å². The highest BCUT2D eigenvalue weighted by molar-refractivity contribution is 7.98. The zero-order chi connectivity index (χ0) is 17.2. The minimum atomic E-state index is -1.07. The van der Waals surface area contributed by atoms with Crippen LogP contribution in [-0.4, -0.2) is 52.5 Å². The van der Waals surface area contributed by atoms with E-state index in [1.807, 2.05) is 17.2 Å². The molecule has 0 aliphatic carbocycles. The highest BCUT2D eigenvalue weighted by Gasteiger charge is 2.24.